The number of hydrogen-bond donors (Lipinski definition) is 3. The number of benzene rings is 2. The minimum absolute atomic E-state index is 0.0539. The number of aromatic amines is 2. The number of amides is 1. The fourth-order valence-electron chi connectivity index (χ4n) is 4.19. The summed E-state index contributed by atoms with van der Waals surface area (Å²) in [6.07, 6.45) is 2.53. The van der Waals surface area contributed by atoms with Gasteiger partial charge in [-0.05, 0) is 29.3 Å². The zero-order chi connectivity index (χ0) is 27.1. The Morgan fingerprint density at radius 2 is 1.63 bits per heavy atom. The summed E-state index contributed by atoms with van der Waals surface area (Å²) < 4.78 is 30.4. The van der Waals surface area contributed by atoms with Crippen LogP contribution in [0.15, 0.2) is 59.5 Å². The van der Waals surface area contributed by atoms with Crippen LogP contribution in [0.5, 0.6) is 11.5 Å². The van der Waals surface area contributed by atoms with Crippen LogP contribution in [0.3, 0.4) is 0 Å². The minimum Gasteiger partial charge on any atom is -0.496 e. The summed E-state index contributed by atoms with van der Waals surface area (Å²) in [5.41, 5.74) is 4.21. The predicted octanol–water partition coefficient (Wildman–Crippen LogP) is 3.51. The second-order valence-electron chi connectivity index (χ2n) is 8.60. The number of ether oxygens (including phenoxy) is 3. The molecular weight excluding hydrogens is 491 g/mol. The van der Waals surface area contributed by atoms with Crippen molar-refractivity contribution in [1.82, 2.24) is 20.5 Å². The van der Waals surface area contributed by atoms with Crippen molar-refractivity contribution in [1.29, 1.82) is 0 Å². The van der Waals surface area contributed by atoms with Gasteiger partial charge < -0.3 is 24.5 Å². The third-order valence-corrected chi connectivity index (χ3v) is 6.19. The highest BCUT2D eigenvalue weighted by atomic mass is 19.1. The number of nitrogens with zero attached hydrogens (tertiary/aromatic N) is 1. The summed E-state index contributed by atoms with van der Waals surface area (Å²) in [6.45, 7) is 0.118. The molecule has 4 rings (SSSR count). The molecule has 0 bridgehead atoms. The number of aromatic nitrogens is 3. The summed E-state index contributed by atoms with van der Waals surface area (Å²) in [5.74, 6) is -0.725. The maximum atomic E-state index is 14.8. The Labute approximate surface area is 219 Å². The van der Waals surface area contributed by atoms with Crippen molar-refractivity contribution >= 4 is 5.91 Å². The molecule has 4 aromatic rings. The first kappa shape index (κ1) is 26.6. The van der Waals surface area contributed by atoms with Crippen LogP contribution in [0.2, 0.25) is 0 Å². The van der Waals surface area contributed by atoms with Crippen LogP contribution in [0, 0.1) is 5.82 Å². The molecule has 0 fully saturated rings. The largest absolute Gasteiger partial charge is 0.496 e. The lowest BCUT2D eigenvalue weighted by Crippen LogP contribution is -2.25. The van der Waals surface area contributed by atoms with E-state index in [2.05, 4.69) is 20.5 Å². The molecule has 0 saturated heterocycles. The minimum atomic E-state index is -0.605. The first-order valence-corrected chi connectivity index (χ1v) is 11.9. The van der Waals surface area contributed by atoms with E-state index in [0.29, 0.717) is 35.4 Å². The van der Waals surface area contributed by atoms with Crippen molar-refractivity contribution in [2.24, 2.45) is 0 Å². The van der Waals surface area contributed by atoms with Gasteiger partial charge in [0.1, 0.15) is 5.75 Å². The lowest BCUT2D eigenvalue weighted by atomic mass is 9.99. The van der Waals surface area contributed by atoms with E-state index in [1.165, 1.54) is 20.3 Å². The summed E-state index contributed by atoms with van der Waals surface area (Å²) in [5, 5.41) is 9.84. The third kappa shape index (κ3) is 5.92. The van der Waals surface area contributed by atoms with Crippen molar-refractivity contribution in [2.45, 2.75) is 26.0 Å². The van der Waals surface area contributed by atoms with Crippen molar-refractivity contribution in [2.75, 3.05) is 21.3 Å². The molecule has 2 aromatic carbocycles. The molecule has 0 aliphatic rings. The molecule has 198 valence electrons. The van der Waals surface area contributed by atoms with E-state index >= 15 is 0 Å². The van der Waals surface area contributed by atoms with Gasteiger partial charge in [-0.1, -0.05) is 30.3 Å². The molecule has 2 aromatic heterocycles. The second-order valence-corrected chi connectivity index (χ2v) is 8.60. The molecular formula is C28H29FN4O5. The smallest absolute Gasteiger partial charge is 0.272 e. The number of carbonyl (C=O) groups excluding carboxylic acids is 1. The van der Waals surface area contributed by atoms with E-state index in [-0.39, 0.29) is 35.7 Å². The maximum absolute atomic E-state index is 14.8. The lowest BCUT2D eigenvalue weighted by molar-refractivity contribution is 0.0944. The highest BCUT2D eigenvalue weighted by Gasteiger charge is 2.22. The van der Waals surface area contributed by atoms with Crippen LogP contribution >= 0.6 is 0 Å². The molecule has 2 heterocycles. The molecule has 38 heavy (non-hydrogen) atoms. The van der Waals surface area contributed by atoms with E-state index in [1.54, 1.807) is 31.5 Å². The van der Waals surface area contributed by atoms with Crippen LogP contribution in [0.1, 0.15) is 44.0 Å². The van der Waals surface area contributed by atoms with Gasteiger partial charge in [-0.3, -0.25) is 14.7 Å². The third-order valence-electron chi connectivity index (χ3n) is 6.19. The quantitative estimate of drug-likeness (QED) is 0.279. The molecule has 0 radical (unpaired) electrons. The van der Waals surface area contributed by atoms with Crippen LogP contribution in [0.25, 0.3) is 0 Å². The Morgan fingerprint density at radius 3 is 2.29 bits per heavy atom. The molecule has 10 heteroatoms. The summed E-state index contributed by atoms with van der Waals surface area (Å²) >= 11 is 0. The Bertz CT molecular complexity index is 1460. The molecule has 9 nitrogen and oxygen atoms in total. The number of halogens is 1. The van der Waals surface area contributed by atoms with Gasteiger partial charge in [0, 0.05) is 43.8 Å². The Balaban J connectivity index is 1.52. The first-order valence-electron chi connectivity index (χ1n) is 11.9. The number of rotatable bonds is 11. The van der Waals surface area contributed by atoms with Crippen LogP contribution in [0.4, 0.5) is 4.39 Å². The van der Waals surface area contributed by atoms with Gasteiger partial charge in [0.05, 0.1) is 32.1 Å². The number of nitrogens with one attached hydrogen (secondary N) is 3. The topological polar surface area (TPSA) is 118 Å². The van der Waals surface area contributed by atoms with Crippen molar-refractivity contribution in [3.8, 4) is 11.5 Å². The zero-order valence-electron chi connectivity index (χ0n) is 21.4. The van der Waals surface area contributed by atoms with E-state index in [1.807, 2.05) is 24.3 Å². The van der Waals surface area contributed by atoms with Crippen LogP contribution < -0.4 is 20.3 Å². The summed E-state index contributed by atoms with van der Waals surface area (Å²) in [7, 11) is 4.36. The fraction of sp³-hybridized carbons (Fsp3) is 0.250. The number of methoxy groups -OCH3 is 3. The Morgan fingerprint density at radius 1 is 0.947 bits per heavy atom. The SMILES string of the molecule is COCc1[nH]nc(C(=O)NCc2c(OC)ccc(OC)c2F)c1Cc1ccc(Cc2ccc[nH]c2=O)cc1. The van der Waals surface area contributed by atoms with Crippen molar-refractivity contribution < 1.29 is 23.4 Å². The predicted molar refractivity (Wildman–Crippen MR) is 139 cm³/mol. The molecule has 0 aliphatic heterocycles. The molecule has 0 aliphatic carbocycles. The number of H-pyrrole nitrogens is 2. The van der Waals surface area contributed by atoms with Crippen LogP contribution in [-0.4, -0.2) is 42.4 Å². The molecule has 1 amide bonds. The van der Waals surface area contributed by atoms with Crippen molar-refractivity contribution in [3.63, 3.8) is 0 Å². The second kappa shape index (κ2) is 12.2. The number of pyridine rings is 1. The standard InChI is InChI=1S/C28H29FN4O5/c1-36-16-22-20(14-18-8-6-17(7-9-18)13-19-5-4-12-30-27(19)34)26(33-32-22)28(35)31-15-21-23(37-2)10-11-24(38-3)25(21)29/h4-12H,13-16H2,1-3H3,(H,30,34)(H,31,35)(H,32,33). The Hall–Kier alpha value is -4.44. The molecule has 0 atom stereocenters. The van der Waals surface area contributed by atoms with Gasteiger partial charge in [0.25, 0.3) is 11.5 Å². The van der Waals surface area contributed by atoms with Gasteiger partial charge in [-0.15, -0.1) is 0 Å². The Kier molecular flexibility index (Phi) is 8.55. The summed E-state index contributed by atoms with van der Waals surface area (Å²) in [4.78, 5) is 27.8. The summed E-state index contributed by atoms with van der Waals surface area (Å²) in [6, 6.07) is 14.5. The van der Waals surface area contributed by atoms with E-state index in [4.69, 9.17) is 14.2 Å². The monoisotopic (exact) mass is 520 g/mol. The number of carbonyl (C=O) groups is 1. The van der Waals surface area contributed by atoms with Gasteiger partial charge >= 0.3 is 0 Å². The van der Waals surface area contributed by atoms with E-state index in [9.17, 15) is 14.0 Å². The zero-order valence-corrected chi connectivity index (χ0v) is 21.4. The molecule has 0 saturated carbocycles. The van der Waals surface area contributed by atoms with Gasteiger partial charge in [-0.2, -0.15) is 5.10 Å². The highest BCUT2D eigenvalue weighted by Crippen LogP contribution is 2.29. The van der Waals surface area contributed by atoms with Gasteiger partial charge in [0.2, 0.25) is 0 Å². The normalized spacial score (nSPS) is 10.8. The average Bonchev–Trinajstić information content (AvgIpc) is 3.32. The van der Waals surface area contributed by atoms with Gasteiger partial charge in [0.15, 0.2) is 17.3 Å². The first-order chi connectivity index (χ1) is 18.4. The molecule has 0 spiro atoms. The van der Waals surface area contributed by atoms with Crippen molar-refractivity contribution in [3.05, 3.63) is 110 Å². The number of hydrogen-bond acceptors (Lipinski definition) is 6. The maximum Gasteiger partial charge on any atom is 0.272 e. The van der Waals surface area contributed by atoms with Crippen LogP contribution in [-0.2, 0) is 30.7 Å². The van der Waals surface area contributed by atoms with E-state index in [0.717, 1.165) is 11.1 Å². The van der Waals surface area contributed by atoms with E-state index < -0.39 is 11.7 Å². The molecule has 0 unspecified atom stereocenters. The lowest BCUT2D eigenvalue weighted by Gasteiger charge is -2.13. The highest BCUT2D eigenvalue weighted by molar-refractivity contribution is 5.94. The molecule has 3 N–H and O–H groups in total. The average molecular weight is 521 g/mol. The van der Waals surface area contributed by atoms with Gasteiger partial charge in [-0.25, -0.2) is 4.39 Å². The fourth-order valence-corrected chi connectivity index (χ4v) is 4.19.